The van der Waals surface area contributed by atoms with Gasteiger partial charge in [-0.15, -0.1) is 0 Å². The topological polar surface area (TPSA) is 89.9 Å². The minimum absolute atomic E-state index is 0.0592. The maximum Gasteiger partial charge on any atom is 0.335 e. The van der Waals surface area contributed by atoms with Crippen molar-refractivity contribution in [3.63, 3.8) is 0 Å². The maximum absolute atomic E-state index is 13.4. The lowest BCUT2D eigenvalue weighted by Gasteiger charge is -2.37. The second kappa shape index (κ2) is 9.96. The number of carboxylic acids is 1. The molecule has 0 bridgehead atoms. The number of hydrogen-bond donors (Lipinski definition) is 2. The van der Waals surface area contributed by atoms with E-state index in [2.05, 4.69) is 14.5 Å². The van der Waals surface area contributed by atoms with Gasteiger partial charge in [0.1, 0.15) is 0 Å². The molecule has 2 aliphatic heterocycles. The third-order valence-electron chi connectivity index (χ3n) is 7.14. The maximum atomic E-state index is 13.4. The van der Waals surface area contributed by atoms with E-state index < -0.39 is 16.0 Å². The summed E-state index contributed by atoms with van der Waals surface area (Å²) in [6.45, 7) is 10.7. The predicted octanol–water partition coefficient (Wildman–Crippen LogP) is 4.42. The number of hydrogen-bond acceptors (Lipinski definition) is 5. The summed E-state index contributed by atoms with van der Waals surface area (Å²) in [5.74, 6) is -0.572. The molecule has 0 spiro atoms. The fraction of sp³-hybridized carbons (Fsp3) is 0.500. The Bertz CT molecular complexity index is 1170. The number of carbonyl (C=O) groups is 1. The standard InChI is InChI=1S/C26H35N3O4S/c1-18-13-20(3)25(14-19(18)2)34(32,33)27-23-15-22(26(30)31)8-9-24(23)29-12-6-7-21(17-29)16-28-10-4-5-11-28/h8-9,13-15,21,27H,4-7,10-12,16-17H2,1-3H3,(H,30,31)/t21-/m0/s1. The molecule has 0 radical (unpaired) electrons. The number of piperidine rings is 1. The lowest BCUT2D eigenvalue weighted by atomic mass is 9.96. The van der Waals surface area contributed by atoms with E-state index in [0.717, 1.165) is 62.4 Å². The molecular formula is C26H35N3O4S. The number of nitrogens with one attached hydrogen (secondary N) is 1. The number of aryl methyl sites for hydroxylation is 3. The van der Waals surface area contributed by atoms with Crippen LogP contribution in [0.2, 0.25) is 0 Å². The summed E-state index contributed by atoms with van der Waals surface area (Å²) in [4.78, 5) is 16.6. The van der Waals surface area contributed by atoms with Crippen molar-refractivity contribution in [2.24, 2.45) is 5.92 Å². The first-order valence-electron chi connectivity index (χ1n) is 12.1. The van der Waals surface area contributed by atoms with E-state index in [1.807, 2.05) is 19.9 Å². The lowest BCUT2D eigenvalue weighted by molar-refractivity contribution is 0.0697. The number of sulfonamides is 1. The second-order valence-electron chi connectivity index (χ2n) is 9.81. The molecule has 34 heavy (non-hydrogen) atoms. The van der Waals surface area contributed by atoms with Gasteiger partial charge in [-0.1, -0.05) is 6.07 Å². The fourth-order valence-electron chi connectivity index (χ4n) is 5.21. The van der Waals surface area contributed by atoms with Crippen molar-refractivity contribution < 1.29 is 18.3 Å². The first-order chi connectivity index (χ1) is 16.1. The Hall–Kier alpha value is -2.58. The van der Waals surface area contributed by atoms with Crippen LogP contribution in [0.3, 0.4) is 0 Å². The van der Waals surface area contributed by atoms with Crippen LogP contribution >= 0.6 is 0 Å². The Labute approximate surface area is 202 Å². The molecule has 0 amide bonds. The Balaban J connectivity index is 1.64. The molecule has 0 aliphatic carbocycles. The molecule has 184 valence electrons. The van der Waals surface area contributed by atoms with Crippen molar-refractivity contribution in [1.29, 1.82) is 0 Å². The van der Waals surface area contributed by atoms with Gasteiger partial charge in [0.05, 0.1) is 21.8 Å². The van der Waals surface area contributed by atoms with Crippen molar-refractivity contribution in [3.8, 4) is 0 Å². The molecule has 2 heterocycles. The molecule has 1 atom stereocenters. The van der Waals surface area contributed by atoms with Gasteiger partial charge in [-0.05, 0) is 106 Å². The van der Waals surface area contributed by atoms with Crippen LogP contribution < -0.4 is 9.62 Å². The van der Waals surface area contributed by atoms with Crippen molar-refractivity contribution >= 4 is 27.4 Å². The molecule has 4 rings (SSSR count). The van der Waals surface area contributed by atoms with Crippen molar-refractivity contribution in [2.75, 3.05) is 42.3 Å². The Morgan fingerprint density at radius 1 is 1.00 bits per heavy atom. The smallest absolute Gasteiger partial charge is 0.335 e. The van der Waals surface area contributed by atoms with Crippen LogP contribution in [0.25, 0.3) is 0 Å². The Kier molecular flexibility index (Phi) is 7.19. The summed E-state index contributed by atoms with van der Waals surface area (Å²) < 4.78 is 29.6. The van der Waals surface area contributed by atoms with Gasteiger partial charge in [0, 0.05) is 19.6 Å². The minimum Gasteiger partial charge on any atom is -0.478 e. The van der Waals surface area contributed by atoms with Crippen LogP contribution in [-0.4, -0.2) is 57.1 Å². The molecule has 2 aliphatic rings. The van der Waals surface area contributed by atoms with Gasteiger partial charge < -0.3 is 14.9 Å². The van der Waals surface area contributed by atoms with Gasteiger partial charge in [-0.3, -0.25) is 4.72 Å². The zero-order valence-corrected chi connectivity index (χ0v) is 21.1. The molecule has 2 saturated heterocycles. The van der Waals surface area contributed by atoms with E-state index in [9.17, 15) is 18.3 Å². The molecule has 2 aromatic rings. The zero-order chi connectivity index (χ0) is 24.5. The van der Waals surface area contributed by atoms with Gasteiger partial charge in [0.25, 0.3) is 10.0 Å². The lowest BCUT2D eigenvalue weighted by Crippen LogP contribution is -2.40. The number of aromatic carboxylic acids is 1. The first kappa shape index (κ1) is 24.5. The van der Waals surface area contributed by atoms with E-state index in [0.29, 0.717) is 17.2 Å². The highest BCUT2D eigenvalue weighted by Crippen LogP contribution is 2.34. The van der Waals surface area contributed by atoms with Gasteiger partial charge >= 0.3 is 5.97 Å². The number of nitrogens with zero attached hydrogens (tertiary/aromatic N) is 2. The van der Waals surface area contributed by atoms with Crippen LogP contribution in [-0.2, 0) is 10.0 Å². The van der Waals surface area contributed by atoms with Gasteiger partial charge in [0.2, 0.25) is 0 Å². The van der Waals surface area contributed by atoms with Gasteiger partial charge in [-0.2, -0.15) is 0 Å². The molecular weight excluding hydrogens is 450 g/mol. The summed E-state index contributed by atoms with van der Waals surface area (Å²) in [5, 5.41) is 9.54. The minimum atomic E-state index is -3.90. The summed E-state index contributed by atoms with van der Waals surface area (Å²) in [6, 6.07) is 8.29. The van der Waals surface area contributed by atoms with Crippen molar-refractivity contribution in [3.05, 3.63) is 52.6 Å². The number of anilines is 2. The predicted molar refractivity (Wildman–Crippen MR) is 135 cm³/mol. The quantitative estimate of drug-likeness (QED) is 0.603. The number of benzene rings is 2. The summed E-state index contributed by atoms with van der Waals surface area (Å²) in [6.07, 6.45) is 4.71. The molecule has 8 heteroatoms. The van der Waals surface area contributed by atoms with Crippen molar-refractivity contribution in [1.82, 2.24) is 4.90 Å². The highest BCUT2D eigenvalue weighted by atomic mass is 32.2. The molecule has 2 fully saturated rings. The number of carboxylic acid groups (broad SMARTS) is 1. The molecule has 2 N–H and O–H groups in total. The van der Waals surface area contributed by atoms with Gasteiger partial charge in [-0.25, -0.2) is 13.2 Å². The summed E-state index contributed by atoms with van der Waals surface area (Å²) >= 11 is 0. The average Bonchev–Trinajstić information content (AvgIpc) is 3.29. The number of likely N-dealkylation sites (tertiary alicyclic amines) is 1. The molecule has 0 saturated carbocycles. The highest BCUT2D eigenvalue weighted by Gasteiger charge is 2.27. The van der Waals surface area contributed by atoms with Crippen LogP contribution in [0.1, 0.15) is 52.7 Å². The van der Waals surface area contributed by atoms with Crippen LogP contribution in [0.4, 0.5) is 11.4 Å². The van der Waals surface area contributed by atoms with Crippen LogP contribution in [0.5, 0.6) is 0 Å². The van der Waals surface area contributed by atoms with E-state index in [1.165, 1.54) is 18.9 Å². The average molecular weight is 486 g/mol. The third-order valence-corrected chi connectivity index (χ3v) is 8.65. The third kappa shape index (κ3) is 5.39. The second-order valence-corrected chi connectivity index (χ2v) is 11.5. The Morgan fingerprint density at radius 3 is 2.41 bits per heavy atom. The highest BCUT2D eigenvalue weighted by molar-refractivity contribution is 7.92. The Morgan fingerprint density at radius 2 is 1.71 bits per heavy atom. The fourth-order valence-corrected chi connectivity index (χ4v) is 6.59. The normalized spacial score (nSPS) is 19.4. The summed E-state index contributed by atoms with van der Waals surface area (Å²) in [5.41, 5.74) is 3.70. The van der Waals surface area contributed by atoms with E-state index in [4.69, 9.17) is 0 Å². The number of rotatable bonds is 7. The van der Waals surface area contributed by atoms with E-state index >= 15 is 0 Å². The summed E-state index contributed by atoms with van der Waals surface area (Å²) in [7, 11) is -3.90. The van der Waals surface area contributed by atoms with Crippen LogP contribution in [0, 0.1) is 26.7 Å². The van der Waals surface area contributed by atoms with E-state index in [1.54, 1.807) is 25.1 Å². The largest absolute Gasteiger partial charge is 0.478 e. The van der Waals surface area contributed by atoms with Crippen LogP contribution in [0.15, 0.2) is 35.2 Å². The first-order valence-corrected chi connectivity index (χ1v) is 13.6. The molecule has 0 unspecified atom stereocenters. The monoisotopic (exact) mass is 485 g/mol. The van der Waals surface area contributed by atoms with Crippen molar-refractivity contribution in [2.45, 2.75) is 51.3 Å². The molecule has 7 nitrogen and oxygen atoms in total. The zero-order valence-electron chi connectivity index (χ0n) is 20.3. The molecule has 0 aromatic heterocycles. The van der Waals surface area contributed by atoms with E-state index in [-0.39, 0.29) is 10.5 Å². The molecule has 2 aromatic carbocycles. The SMILES string of the molecule is Cc1cc(C)c(S(=O)(=O)Nc2cc(C(=O)O)ccc2N2CCC[C@@H](CN3CCCC3)C2)cc1C. The van der Waals surface area contributed by atoms with Gasteiger partial charge in [0.15, 0.2) is 0 Å².